The first-order chi connectivity index (χ1) is 9.56. The van der Waals surface area contributed by atoms with Crippen molar-refractivity contribution in [3.05, 3.63) is 29.3 Å². The summed E-state index contributed by atoms with van der Waals surface area (Å²) >= 11 is 0. The van der Waals surface area contributed by atoms with Crippen LogP contribution in [0.4, 0.5) is 5.69 Å². The third-order valence-corrected chi connectivity index (χ3v) is 3.05. The SMILES string of the molecule is Cc1cccc(C)c1NC(=O)C(=O)NCCCCCO. The third kappa shape index (κ3) is 5.01. The number of hydrogen-bond acceptors (Lipinski definition) is 3. The van der Waals surface area contributed by atoms with E-state index in [9.17, 15) is 9.59 Å². The molecular formula is C15H22N2O3. The number of aryl methyl sites for hydroxylation is 2. The summed E-state index contributed by atoms with van der Waals surface area (Å²) in [6.07, 6.45) is 2.29. The standard InChI is InChI=1S/C15H22N2O3/c1-11-7-6-8-12(2)13(11)17-15(20)14(19)16-9-4-3-5-10-18/h6-8,18H,3-5,9-10H2,1-2H3,(H,16,19)(H,17,20). The van der Waals surface area contributed by atoms with Crippen molar-refractivity contribution in [2.24, 2.45) is 0 Å². The van der Waals surface area contributed by atoms with Crippen molar-refractivity contribution in [1.82, 2.24) is 5.32 Å². The van der Waals surface area contributed by atoms with Crippen molar-refractivity contribution < 1.29 is 14.7 Å². The van der Waals surface area contributed by atoms with Gasteiger partial charge in [0.1, 0.15) is 0 Å². The van der Waals surface area contributed by atoms with Crippen LogP contribution in [0.3, 0.4) is 0 Å². The highest BCUT2D eigenvalue weighted by Crippen LogP contribution is 2.19. The molecule has 1 aromatic rings. The molecule has 0 spiro atoms. The Bertz CT molecular complexity index is 452. The quantitative estimate of drug-likeness (QED) is 0.545. The molecular weight excluding hydrogens is 256 g/mol. The molecule has 2 amide bonds. The van der Waals surface area contributed by atoms with Gasteiger partial charge in [0, 0.05) is 18.8 Å². The monoisotopic (exact) mass is 278 g/mol. The molecule has 5 heteroatoms. The van der Waals surface area contributed by atoms with Gasteiger partial charge in [-0.15, -0.1) is 0 Å². The molecule has 0 saturated carbocycles. The molecule has 0 aliphatic rings. The molecule has 3 N–H and O–H groups in total. The molecule has 0 aliphatic carbocycles. The minimum absolute atomic E-state index is 0.154. The minimum atomic E-state index is -0.649. The molecule has 110 valence electrons. The summed E-state index contributed by atoms with van der Waals surface area (Å²) in [5, 5.41) is 13.8. The lowest BCUT2D eigenvalue weighted by atomic mass is 10.1. The van der Waals surface area contributed by atoms with E-state index in [2.05, 4.69) is 10.6 Å². The number of aliphatic hydroxyl groups is 1. The zero-order valence-corrected chi connectivity index (χ0v) is 12.0. The molecule has 0 aliphatic heterocycles. The smallest absolute Gasteiger partial charge is 0.313 e. The maximum absolute atomic E-state index is 11.8. The first-order valence-electron chi connectivity index (χ1n) is 6.82. The molecule has 0 aromatic heterocycles. The van der Waals surface area contributed by atoms with E-state index in [0.717, 1.165) is 24.0 Å². The van der Waals surface area contributed by atoms with Crippen LogP contribution in [-0.2, 0) is 9.59 Å². The topological polar surface area (TPSA) is 78.4 Å². The summed E-state index contributed by atoms with van der Waals surface area (Å²) in [6, 6.07) is 5.67. The van der Waals surface area contributed by atoms with Crippen molar-refractivity contribution in [3.63, 3.8) is 0 Å². The summed E-state index contributed by atoms with van der Waals surface area (Å²) in [5.41, 5.74) is 2.54. The predicted octanol–water partition coefficient (Wildman–Crippen LogP) is 1.52. The highest BCUT2D eigenvalue weighted by molar-refractivity contribution is 6.39. The Balaban J connectivity index is 2.44. The number of amides is 2. The predicted molar refractivity (Wildman–Crippen MR) is 78.5 cm³/mol. The largest absolute Gasteiger partial charge is 0.396 e. The Labute approximate surface area is 119 Å². The van der Waals surface area contributed by atoms with Gasteiger partial charge in [0.25, 0.3) is 0 Å². The second-order valence-electron chi connectivity index (χ2n) is 4.76. The molecule has 0 fully saturated rings. The molecule has 0 heterocycles. The van der Waals surface area contributed by atoms with Crippen LogP contribution in [0.2, 0.25) is 0 Å². The van der Waals surface area contributed by atoms with E-state index in [1.54, 1.807) is 0 Å². The van der Waals surface area contributed by atoms with Gasteiger partial charge in [-0.25, -0.2) is 0 Å². The van der Waals surface area contributed by atoms with Crippen molar-refractivity contribution in [1.29, 1.82) is 0 Å². The molecule has 1 rings (SSSR count). The highest BCUT2D eigenvalue weighted by atomic mass is 16.3. The van der Waals surface area contributed by atoms with Gasteiger partial charge in [0.15, 0.2) is 0 Å². The Morgan fingerprint density at radius 1 is 1.05 bits per heavy atom. The number of benzene rings is 1. The summed E-state index contributed by atoms with van der Waals surface area (Å²) < 4.78 is 0. The first kappa shape index (κ1) is 16.2. The first-order valence-corrected chi connectivity index (χ1v) is 6.82. The lowest BCUT2D eigenvalue weighted by molar-refractivity contribution is -0.136. The van der Waals surface area contributed by atoms with Crippen LogP contribution in [0.1, 0.15) is 30.4 Å². The fourth-order valence-electron chi connectivity index (χ4n) is 1.88. The zero-order valence-electron chi connectivity index (χ0n) is 12.0. The molecule has 0 radical (unpaired) electrons. The van der Waals surface area contributed by atoms with Crippen LogP contribution in [0.25, 0.3) is 0 Å². The van der Waals surface area contributed by atoms with Gasteiger partial charge in [-0.1, -0.05) is 18.2 Å². The van der Waals surface area contributed by atoms with Crippen molar-refractivity contribution in [3.8, 4) is 0 Å². The minimum Gasteiger partial charge on any atom is -0.396 e. The van der Waals surface area contributed by atoms with Crippen LogP contribution < -0.4 is 10.6 Å². The second kappa shape index (κ2) is 8.32. The summed E-state index contributed by atoms with van der Waals surface area (Å²) in [6.45, 7) is 4.37. The Kier molecular flexibility index (Phi) is 6.73. The van der Waals surface area contributed by atoms with E-state index in [0.29, 0.717) is 18.7 Å². The van der Waals surface area contributed by atoms with E-state index < -0.39 is 11.8 Å². The highest BCUT2D eigenvalue weighted by Gasteiger charge is 2.14. The third-order valence-electron chi connectivity index (χ3n) is 3.05. The van der Waals surface area contributed by atoms with Gasteiger partial charge < -0.3 is 15.7 Å². The Morgan fingerprint density at radius 2 is 1.70 bits per heavy atom. The number of para-hydroxylation sites is 1. The average Bonchev–Trinajstić information content (AvgIpc) is 2.42. The number of carbonyl (C=O) groups is 2. The number of carbonyl (C=O) groups excluding carboxylic acids is 2. The van der Waals surface area contributed by atoms with Crippen molar-refractivity contribution >= 4 is 17.5 Å². The summed E-state index contributed by atoms with van der Waals surface area (Å²) in [5.74, 6) is -1.28. The fraction of sp³-hybridized carbons (Fsp3) is 0.467. The molecule has 0 saturated heterocycles. The Morgan fingerprint density at radius 3 is 2.30 bits per heavy atom. The molecule has 0 atom stereocenters. The van der Waals surface area contributed by atoms with Gasteiger partial charge in [-0.2, -0.15) is 0 Å². The van der Waals surface area contributed by atoms with Gasteiger partial charge in [-0.3, -0.25) is 9.59 Å². The number of aliphatic hydroxyl groups excluding tert-OH is 1. The maximum Gasteiger partial charge on any atom is 0.313 e. The molecule has 0 bridgehead atoms. The second-order valence-corrected chi connectivity index (χ2v) is 4.76. The zero-order chi connectivity index (χ0) is 15.0. The molecule has 0 unspecified atom stereocenters. The van der Waals surface area contributed by atoms with Gasteiger partial charge in [0.2, 0.25) is 0 Å². The van der Waals surface area contributed by atoms with Crippen LogP contribution in [0.15, 0.2) is 18.2 Å². The number of rotatable bonds is 6. The molecule has 20 heavy (non-hydrogen) atoms. The van der Waals surface area contributed by atoms with Gasteiger partial charge in [-0.05, 0) is 44.2 Å². The van der Waals surface area contributed by atoms with Crippen molar-refractivity contribution in [2.45, 2.75) is 33.1 Å². The van der Waals surface area contributed by atoms with Gasteiger partial charge >= 0.3 is 11.8 Å². The Hall–Kier alpha value is -1.88. The lowest BCUT2D eigenvalue weighted by Gasteiger charge is -2.11. The molecule has 1 aromatic carbocycles. The lowest BCUT2D eigenvalue weighted by Crippen LogP contribution is -2.36. The van der Waals surface area contributed by atoms with E-state index >= 15 is 0 Å². The molecule has 5 nitrogen and oxygen atoms in total. The number of unbranched alkanes of at least 4 members (excludes halogenated alkanes) is 2. The van der Waals surface area contributed by atoms with Crippen LogP contribution in [0, 0.1) is 13.8 Å². The van der Waals surface area contributed by atoms with Crippen LogP contribution in [-0.4, -0.2) is 30.1 Å². The fourth-order valence-corrected chi connectivity index (χ4v) is 1.88. The van der Waals surface area contributed by atoms with Crippen LogP contribution >= 0.6 is 0 Å². The number of anilines is 1. The van der Waals surface area contributed by atoms with Gasteiger partial charge in [0.05, 0.1) is 0 Å². The van der Waals surface area contributed by atoms with E-state index in [4.69, 9.17) is 5.11 Å². The van der Waals surface area contributed by atoms with E-state index in [-0.39, 0.29) is 6.61 Å². The van der Waals surface area contributed by atoms with E-state index in [1.807, 2.05) is 32.0 Å². The summed E-state index contributed by atoms with van der Waals surface area (Å²) in [4.78, 5) is 23.4. The van der Waals surface area contributed by atoms with Crippen LogP contribution in [0.5, 0.6) is 0 Å². The number of nitrogens with one attached hydrogen (secondary N) is 2. The average molecular weight is 278 g/mol. The number of hydrogen-bond donors (Lipinski definition) is 3. The normalized spacial score (nSPS) is 10.2. The summed E-state index contributed by atoms with van der Waals surface area (Å²) in [7, 11) is 0. The maximum atomic E-state index is 11.8. The van der Waals surface area contributed by atoms with Crippen molar-refractivity contribution in [2.75, 3.05) is 18.5 Å². The van der Waals surface area contributed by atoms with E-state index in [1.165, 1.54) is 0 Å².